The zero-order valence-electron chi connectivity index (χ0n) is 17.0. The lowest BCUT2D eigenvalue weighted by molar-refractivity contribution is 0.0693. The Morgan fingerprint density at radius 2 is 1.90 bits per heavy atom. The predicted molar refractivity (Wildman–Crippen MR) is 111 cm³/mol. The van der Waals surface area contributed by atoms with Crippen LogP contribution in [0.4, 0.5) is 0 Å². The lowest BCUT2D eigenvalue weighted by Gasteiger charge is -2.39. The molecule has 2 aliphatic rings. The minimum absolute atomic E-state index is 0.00967. The third-order valence-electron chi connectivity index (χ3n) is 6.04. The number of amides is 1. The van der Waals surface area contributed by atoms with Gasteiger partial charge in [-0.1, -0.05) is 32.9 Å². The largest absolute Gasteiger partial charge is 0.477 e. The molecule has 1 aromatic heterocycles. The summed E-state index contributed by atoms with van der Waals surface area (Å²) in [6.07, 6.45) is 2.76. The maximum absolute atomic E-state index is 12.5. The lowest BCUT2D eigenvalue weighted by atomic mass is 9.78. The van der Waals surface area contributed by atoms with Crippen LogP contribution in [0.5, 0.6) is 0 Å². The number of pyridine rings is 1. The number of nitrogens with one attached hydrogen (secondary N) is 1. The monoisotopic (exact) mass is 392 g/mol. The van der Waals surface area contributed by atoms with Gasteiger partial charge < -0.3 is 15.0 Å². The smallest absolute Gasteiger partial charge is 0.341 e. The molecule has 2 aromatic rings. The molecule has 150 valence electrons. The summed E-state index contributed by atoms with van der Waals surface area (Å²) in [6.45, 7) is 6.34. The molecule has 0 saturated heterocycles. The molecular weight excluding hydrogens is 368 g/mol. The Hall–Kier alpha value is -3.15. The molecule has 2 N–H and O–H groups in total. The second-order valence-electron chi connectivity index (χ2n) is 8.78. The molecule has 0 spiro atoms. The third kappa shape index (κ3) is 2.90. The van der Waals surface area contributed by atoms with Crippen LogP contribution in [0.25, 0.3) is 11.1 Å². The highest BCUT2D eigenvalue weighted by Crippen LogP contribution is 2.50. The van der Waals surface area contributed by atoms with Gasteiger partial charge in [-0.25, -0.2) is 4.79 Å². The van der Waals surface area contributed by atoms with Crippen molar-refractivity contribution in [1.29, 1.82) is 0 Å². The van der Waals surface area contributed by atoms with E-state index >= 15 is 0 Å². The quantitative estimate of drug-likeness (QED) is 0.820. The van der Waals surface area contributed by atoms with Gasteiger partial charge in [0.15, 0.2) is 5.43 Å². The summed E-state index contributed by atoms with van der Waals surface area (Å²) >= 11 is 0. The number of hydrogen-bond donors (Lipinski definition) is 2. The molecule has 2 heterocycles. The van der Waals surface area contributed by atoms with Gasteiger partial charge in [0.1, 0.15) is 5.56 Å². The molecule has 1 amide bonds. The second-order valence-corrected chi connectivity index (χ2v) is 8.78. The van der Waals surface area contributed by atoms with Gasteiger partial charge in [0.05, 0.1) is 0 Å². The summed E-state index contributed by atoms with van der Waals surface area (Å²) in [6, 6.07) is 7.17. The summed E-state index contributed by atoms with van der Waals surface area (Å²) in [5, 5.41) is 12.1. The van der Waals surface area contributed by atoms with Gasteiger partial charge in [0.25, 0.3) is 5.91 Å². The minimum atomic E-state index is -1.21. The van der Waals surface area contributed by atoms with Crippen LogP contribution < -0.4 is 10.7 Å². The van der Waals surface area contributed by atoms with E-state index in [0.717, 1.165) is 34.4 Å². The predicted octanol–water partition coefficient (Wildman–Crippen LogP) is 3.36. The number of carbonyl (C=O) groups excluding carboxylic acids is 1. The normalized spacial score (nSPS) is 17.4. The van der Waals surface area contributed by atoms with Crippen molar-refractivity contribution in [3.05, 3.63) is 68.6 Å². The molecule has 1 aromatic carbocycles. The molecular formula is C23H24N2O4. The van der Waals surface area contributed by atoms with Crippen LogP contribution in [0.3, 0.4) is 0 Å². The summed E-state index contributed by atoms with van der Waals surface area (Å²) < 4.78 is 1.95. The summed E-state index contributed by atoms with van der Waals surface area (Å²) in [5.74, 6) is -1.35. The fraction of sp³-hybridized carbons (Fsp3) is 0.348. The van der Waals surface area contributed by atoms with Crippen LogP contribution in [-0.4, -0.2) is 28.6 Å². The van der Waals surface area contributed by atoms with Gasteiger partial charge in [-0.05, 0) is 40.2 Å². The van der Waals surface area contributed by atoms with Crippen LogP contribution in [0.1, 0.15) is 70.8 Å². The Morgan fingerprint density at radius 3 is 2.52 bits per heavy atom. The highest BCUT2D eigenvalue weighted by atomic mass is 16.4. The number of rotatable bonds is 2. The summed E-state index contributed by atoms with van der Waals surface area (Å²) in [7, 11) is 1.61. The van der Waals surface area contributed by atoms with Crippen LogP contribution in [-0.2, 0) is 6.42 Å². The average molecular weight is 392 g/mol. The van der Waals surface area contributed by atoms with Crippen molar-refractivity contribution in [2.45, 2.75) is 39.7 Å². The average Bonchev–Trinajstić information content (AvgIpc) is 3.04. The number of carboxylic acids is 1. The first kappa shape index (κ1) is 19.2. The fourth-order valence-corrected chi connectivity index (χ4v) is 4.56. The third-order valence-corrected chi connectivity index (χ3v) is 6.04. The summed E-state index contributed by atoms with van der Waals surface area (Å²) in [4.78, 5) is 36.4. The number of aromatic nitrogens is 1. The molecule has 6 heteroatoms. The van der Waals surface area contributed by atoms with E-state index in [1.165, 1.54) is 12.3 Å². The van der Waals surface area contributed by atoms with E-state index in [1.807, 2.05) is 22.8 Å². The molecule has 4 rings (SSSR count). The van der Waals surface area contributed by atoms with E-state index in [-0.39, 0.29) is 22.9 Å². The number of nitrogens with zero attached hydrogens (tertiary/aromatic N) is 1. The van der Waals surface area contributed by atoms with E-state index in [1.54, 1.807) is 7.05 Å². The Labute approximate surface area is 168 Å². The maximum Gasteiger partial charge on any atom is 0.341 e. The Kier molecular flexibility index (Phi) is 4.26. The first-order chi connectivity index (χ1) is 13.6. The molecule has 0 radical (unpaired) electrons. The number of allylic oxidation sites excluding steroid dienone is 2. The Bertz CT molecular complexity index is 1150. The van der Waals surface area contributed by atoms with Crippen LogP contribution >= 0.6 is 0 Å². The standard InChI is InChI=1S/C23H24N2O4/c1-23(2,3)20-9-15-12-6-5-7-13(21(27)24-4)14(12)8-16(15)18-10-19(26)17(22(28)29)11-25(18)20/h5-7,10-11,20H,8-9H2,1-4H3,(H,24,27)(H,28,29)/t20-/m0/s1. The highest BCUT2D eigenvalue weighted by molar-refractivity contribution is 6.04. The zero-order valence-corrected chi connectivity index (χ0v) is 17.0. The Morgan fingerprint density at radius 1 is 1.17 bits per heavy atom. The van der Waals surface area contributed by atoms with E-state index in [4.69, 9.17) is 0 Å². The van der Waals surface area contributed by atoms with Crippen molar-refractivity contribution in [2.75, 3.05) is 7.05 Å². The van der Waals surface area contributed by atoms with E-state index in [2.05, 4.69) is 26.1 Å². The lowest BCUT2D eigenvalue weighted by Crippen LogP contribution is -2.32. The number of aromatic carboxylic acids is 1. The van der Waals surface area contributed by atoms with Gasteiger partial charge in [-0.2, -0.15) is 0 Å². The summed E-state index contributed by atoms with van der Waals surface area (Å²) in [5.41, 5.74) is 4.70. The molecule has 0 saturated carbocycles. The van der Waals surface area contributed by atoms with Crippen molar-refractivity contribution < 1.29 is 14.7 Å². The number of carboxylic acid groups (broad SMARTS) is 1. The topological polar surface area (TPSA) is 88.4 Å². The first-order valence-corrected chi connectivity index (χ1v) is 9.69. The Balaban J connectivity index is 1.96. The number of fused-ring (bicyclic) bond motifs is 4. The molecule has 0 fully saturated rings. The molecule has 0 bridgehead atoms. The van der Waals surface area contributed by atoms with Crippen LogP contribution in [0.2, 0.25) is 0 Å². The van der Waals surface area contributed by atoms with Gasteiger partial charge >= 0.3 is 5.97 Å². The minimum Gasteiger partial charge on any atom is -0.477 e. The van der Waals surface area contributed by atoms with Crippen molar-refractivity contribution in [2.24, 2.45) is 5.41 Å². The van der Waals surface area contributed by atoms with Gasteiger partial charge in [-0.3, -0.25) is 9.59 Å². The van der Waals surface area contributed by atoms with E-state index in [9.17, 15) is 19.5 Å². The van der Waals surface area contributed by atoms with Crippen LogP contribution in [0, 0.1) is 5.41 Å². The zero-order chi connectivity index (χ0) is 21.1. The molecule has 1 aliphatic carbocycles. The maximum atomic E-state index is 12.5. The molecule has 6 nitrogen and oxygen atoms in total. The highest BCUT2D eigenvalue weighted by Gasteiger charge is 2.38. The van der Waals surface area contributed by atoms with E-state index in [0.29, 0.717) is 12.0 Å². The second kappa shape index (κ2) is 6.44. The van der Waals surface area contributed by atoms with Crippen molar-refractivity contribution >= 4 is 23.0 Å². The molecule has 0 unspecified atom stereocenters. The van der Waals surface area contributed by atoms with Crippen molar-refractivity contribution in [1.82, 2.24) is 9.88 Å². The fourth-order valence-electron chi connectivity index (χ4n) is 4.56. The SMILES string of the molecule is CNC(=O)c1cccc2c1CC1=C2C[C@@H](C(C)(C)C)n2cc(C(=O)O)c(=O)cc21. The number of carbonyl (C=O) groups is 2. The van der Waals surface area contributed by atoms with Crippen LogP contribution in [0.15, 0.2) is 35.3 Å². The van der Waals surface area contributed by atoms with Crippen molar-refractivity contribution in [3.8, 4) is 0 Å². The molecule has 1 aliphatic heterocycles. The molecule has 29 heavy (non-hydrogen) atoms. The van der Waals surface area contributed by atoms with Gasteiger partial charge in [0.2, 0.25) is 0 Å². The van der Waals surface area contributed by atoms with Crippen molar-refractivity contribution in [3.63, 3.8) is 0 Å². The van der Waals surface area contributed by atoms with Gasteiger partial charge in [-0.15, -0.1) is 0 Å². The first-order valence-electron chi connectivity index (χ1n) is 9.69. The van der Waals surface area contributed by atoms with Gasteiger partial charge in [0, 0.05) is 43.0 Å². The number of hydrogen-bond acceptors (Lipinski definition) is 3. The van der Waals surface area contributed by atoms with E-state index < -0.39 is 11.4 Å². The molecule has 1 atom stereocenters. The number of benzene rings is 1.